The molecule has 1 aromatic heterocycles. The average Bonchev–Trinajstić information content (AvgIpc) is 2.65. The number of aliphatic imine (C=N–C) groups is 1. The number of carbonyl (C=O) groups is 2. The van der Waals surface area contributed by atoms with E-state index in [4.69, 9.17) is 0 Å². The molecule has 1 aliphatic carbocycles. The van der Waals surface area contributed by atoms with Gasteiger partial charge in [-0.2, -0.15) is 0 Å². The van der Waals surface area contributed by atoms with Gasteiger partial charge in [-0.05, 0) is 25.0 Å². The molecule has 0 saturated carbocycles. The summed E-state index contributed by atoms with van der Waals surface area (Å²) >= 11 is 0. The summed E-state index contributed by atoms with van der Waals surface area (Å²) in [6.07, 6.45) is 2.91. The number of fused-ring (bicyclic) bond motifs is 1. The number of halogens is 2. The lowest BCUT2D eigenvalue weighted by Gasteiger charge is -2.22. The number of carbonyl (C=O) groups excluding carboxylic acids is 2. The normalized spacial score (nSPS) is 16.6. The van der Waals surface area contributed by atoms with Gasteiger partial charge in [-0.15, -0.1) is 0 Å². The van der Waals surface area contributed by atoms with Crippen molar-refractivity contribution in [2.24, 2.45) is 4.99 Å². The number of alkyl halides is 2. The molecule has 0 unspecified atom stereocenters. The second kappa shape index (κ2) is 7.96. The van der Waals surface area contributed by atoms with E-state index in [1.165, 1.54) is 13.1 Å². The summed E-state index contributed by atoms with van der Waals surface area (Å²) < 4.78 is 26.8. The second-order valence-electron chi connectivity index (χ2n) is 6.94. The number of hydrogen-bond acceptors (Lipinski definition) is 3. The molecule has 0 atom stereocenters. The molecule has 0 radical (unpaired) electrons. The maximum atomic E-state index is 13.4. The van der Waals surface area contributed by atoms with Crippen molar-refractivity contribution < 1.29 is 18.4 Å². The van der Waals surface area contributed by atoms with Crippen LogP contribution in [-0.4, -0.2) is 35.0 Å². The van der Waals surface area contributed by atoms with Crippen LogP contribution in [0.1, 0.15) is 49.0 Å². The van der Waals surface area contributed by atoms with Crippen LogP contribution in [-0.2, 0) is 4.79 Å². The molecule has 146 valence electrons. The number of pyridine rings is 1. The first-order chi connectivity index (χ1) is 13.2. The smallest absolute Gasteiger partial charge is 0.253 e. The first kappa shape index (κ1) is 19.8. The van der Waals surface area contributed by atoms with E-state index in [1.54, 1.807) is 19.1 Å². The van der Waals surface area contributed by atoms with Gasteiger partial charge in [0.2, 0.25) is 5.91 Å². The largest absolute Gasteiger partial charge is 0.347 e. The first-order valence-corrected chi connectivity index (χ1v) is 9.04. The van der Waals surface area contributed by atoms with E-state index >= 15 is 0 Å². The van der Waals surface area contributed by atoms with Crippen molar-refractivity contribution in [3.05, 3.63) is 47.7 Å². The zero-order valence-electron chi connectivity index (χ0n) is 15.8. The molecule has 28 heavy (non-hydrogen) atoms. The molecule has 0 bridgehead atoms. The molecule has 7 heteroatoms. The molecule has 0 fully saturated rings. The molecule has 0 saturated heterocycles. The molecule has 2 amide bonds. The van der Waals surface area contributed by atoms with Gasteiger partial charge in [-0.25, -0.2) is 13.8 Å². The molecule has 0 spiro atoms. The molecule has 2 aromatic rings. The summed E-state index contributed by atoms with van der Waals surface area (Å²) in [5.74, 6) is -3.28. The highest BCUT2D eigenvalue weighted by Crippen LogP contribution is 2.37. The zero-order chi connectivity index (χ0) is 20.3. The third-order valence-corrected chi connectivity index (χ3v) is 4.58. The average molecular weight is 385 g/mol. The van der Waals surface area contributed by atoms with Gasteiger partial charge in [0.25, 0.3) is 11.8 Å². The van der Waals surface area contributed by atoms with Crippen molar-refractivity contribution in [2.45, 2.75) is 39.0 Å². The monoisotopic (exact) mass is 385 g/mol. The topological polar surface area (TPSA) is 71.4 Å². The number of para-hydroxylation sites is 1. The van der Waals surface area contributed by atoms with Gasteiger partial charge in [0.1, 0.15) is 0 Å². The number of amides is 2. The lowest BCUT2D eigenvalue weighted by molar-refractivity contribution is -0.115. The number of rotatable bonds is 4. The Morgan fingerprint density at radius 3 is 2.75 bits per heavy atom. The van der Waals surface area contributed by atoms with E-state index in [0.29, 0.717) is 23.2 Å². The summed E-state index contributed by atoms with van der Waals surface area (Å²) in [4.78, 5) is 31.5. The van der Waals surface area contributed by atoms with E-state index < -0.39 is 5.92 Å². The van der Waals surface area contributed by atoms with E-state index in [2.05, 4.69) is 15.3 Å². The van der Waals surface area contributed by atoms with Crippen molar-refractivity contribution >= 4 is 34.0 Å². The minimum Gasteiger partial charge on any atom is -0.347 e. The molecular formula is C21H21F2N3O2. The molecule has 1 N–H and O–H groups in total. The van der Waals surface area contributed by atoms with Crippen LogP contribution in [0, 0.1) is 0 Å². The van der Waals surface area contributed by atoms with Crippen LogP contribution >= 0.6 is 0 Å². The van der Waals surface area contributed by atoms with Crippen LogP contribution in [0.3, 0.4) is 0 Å². The van der Waals surface area contributed by atoms with Crippen molar-refractivity contribution in [3.63, 3.8) is 0 Å². The summed E-state index contributed by atoms with van der Waals surface area (Å²) in [5, 5.41) is 3.46. The van der Waals surface area contributed by atoms with Gasteiger partial charge in [0.15, 0.2) is 0 Å². The lowest BCUT2D eigenvalue weighted by atomic mass is 9.90. The van der Waals surface area contributed by atoms with Gasteiger partial charge in [-0.1, -0.05) is 24.3 Å². The maximum Gasteiger partial charge on any atom is 0.253 e. The fourth-order valence-corrected chi connectivity index (χ4v) is 3.20. The van der Waals surface area contributed by atoms with Gasteiger partial charge in [0, 0.05) is 42.6 Å². The predicted octanol–water partition coefficient (Wildman–Crippen LogP) is 4.17. The van der Waals surface area contributed by atoms with Crippen LogP contribution < -0.4 is 5.32 Å². The SMILES string of the molecule is CC(=O)N=C(C)CNC(=O)c1cnc2c(C3=CCC(F)(F)CC3)cccc2c1. The lowest BCUT2D eigenvalue weighted by Crippen LogP contribution is -2.28. The highest BCUT2D eigenvalue weighted by molar-refractivity contribution is 6.02. The van der Waals surface area contributed by atoms with Crippen LogP contribution in [0.15, 0.2) is 41.5 Å². The summed E-state index contributed by atoms with van der Waals surface area (Å²) in [6.45, 7) is 3.17. The fraction of sp³-hybridized carbons (Fsp3) is 0.333. The maximum absolute atomic E-state index is 13.4. The van der Waals surface area contributed by atoms with E-state index in [9.17, 15) is 18.4 Å². The number of aromatic nitrogens is 1. The minimum absolute atomic E-state index is 0.164. The Morgan fingerprint density at radius 2 is 2.07 bits per heavy atom. The summed E-state index contributed by atoms with van der Waals surface area (Å²) in [5.41, 5.74) is 3.26. The highest BCUT2D eigenvalue weighted by Gasteiger charge is 2.31. The van der Waals surface area contributed by atoms with Crippen molar-refractivity contribution in [3.8, 4) is 0 Å². The van der Waals surface area contributed by atoms with Crippen molar-refractivity contribution in [2.75, 3.05) is 6.54 Å². The Balaban J connectivity index is 1.82. The number of hydrogen-bond donors (Lipinski definition) is 1. The Bertz CT molecular complexity index is 996. The Labute approximate surface area is 161 Å². The second-order valence-corrected chi connectivity index (χ2v) is 6.94. The molecule has 1 aromatic carbocycles. The third-order valence-electron chi connectivity index (χ3n) is 4.58. The molecule has 0 aliphatic heterocycles. The van der Waals surface area contributed by atoms with E-state index in [-0.39, 0.29) is 31.2 Å². The number of nitrogens with one attached hydrogen (secondary N) is 1. The minimum atomic E-state index is -2.64. The van der Waals surface area contributed by atoms with Gasteiger partial charge >= 0.3 is 0 Å². The van der Waals surface area contributed by atoms with Gasteiger partial charge in [-0.3, -0.25) is 14.6 Å². The van der Waals surface area contributed by atoms with E-state index in [0.717, 1.165) is 16.5 Å². The Morgan fingerprint density at radius 1 is 1.29 bits per heavy atom. The van der Waals surface area contributed by atoms with E-state index in [1.807, 2.05) is 18.2 Å². The fourth-order valence-electron chi connectivity index (χ4n) is 3.20. The molecular weight excluding hydrogens is 364 g/mol. The first-order valence-electron chi connectivity index (χ1n) is 9.04. The quantitative estimate of drug-likeness (QED) is 0.803. The number of nitrogens with zero attached hydrogens (tertiary/aromatic N) is 2. The van der Waals surface area contributed by atoms with Crippen LogP contribution in [0.4, 0.5) is 8.78 Å². The van der Waals surface area contributed by atoms with Crippen LogP contribution in [0.25, 0.3) is 16.5 Å². The molecule has 5 nitrogen and oxygen atoms in total. The van der Waals surface area contributed by atoms with Gasteiger partial charge in [0.05, 0.1) is 17.6 Å². The van der Waals surface area contributed by atoms with Crippen molar-refractivity contribution in [1.82, 2.24) is 10.3 Å². The zero-order valence-corrected chi connectivity index (χ0v) is 15.8. The molecule has 1 heterocycles. The van der Waals surface area contributed by atoms with Crippen molar-refractivity contribution in [1.29, 1.82) is 0 Å². The summed E-state index contributed by atoms with van der Waals surface area (Å²) in [7, 11) is 0. The number of benzene rings is 1. The van der Waals surface area contributed by atoms with Crippen LogP contribution in [0.5, 0.6) is 0 Å². The molecule has 3 rings (SSSR count). The standard InChI is InChI=1S/C21H21F2N3O2/c1-13(26-14(2)27)11-25-20(28)17-10-16-4-3-5-18(19(16)24-12-17)15-6-8-21(22,23)9-7-15/h3-6,10,12H,7-9,11H2,1-2H3,(H,25,28). The third kappa shape index (κ3) is 4.65. The highest BCUT2D eigenvalue weighted by atomic mass is 19.3. The Hall–Kier alpha value is -2.96. The van der Waals surface area contributed by atoms with Gasteiger partial charge < -0.3 is 5.32 Å². The summed E-state index contributed by atoms with van der Waals surface area (Å²) in [6, 6.07) is 7.25. The number of allylic oxidation sites excluding steroid dienone is 2. The predicted molar refractivity (Wildman–Crippen MR) is 105 cm³/mol. The Kier molecular flexibility index (Phi) is 5.63. The molecule has 1 aliphatic rings. The van der Waals surface area contributed by atoms with Crippen LogP contribution in [0.2, 0.25) is 0 Å².